The van der Waals surface area contributed by atoms with E-state index in [2.05, 4.69) is 5.16 Å². The van der Waals surface area contributed by atoms with Crippen molar-refractivity contribution in [1.29, 1.82) is 0 Å². The summed E-state index contributed by atoms with van der Waals surface area (Å²) < 4.78 is 44.3. The van der Waals surface area contributed by atoms with Crippen molar-refractivity contribution in [2.24, 2.45) is 0 Å². The topological polar surface area (TPSA) is 29.3 Å². The molecule has 0 fully saturated rings. The molecule has 0 aliphatic carbocycles. The quantitative estimate of drug-likeness (QED) is 0.732. The molecule has 0 saturated carbocycles. The van der Waals surface area contributed by atoms with Crippen LogP contribution in [0.5, 0.6) is 0 Å². The molecule has 2 aromatic carbocycles. The van der Waals surface area contributed by atoms with Crippen molar-refractivity contribution in [3.8, 4) is 0 Å². The lowest BCUT2D eigenvalue weighted by atomic mass is 10.2. The normalized spacial score (nSPS) is 11.5. The van der Waals surface area contributed by atoms with E-state index >= 15 is 0 Å². The van der Waals surface area contributed by atoms with Gasteiger partial charge in [0, 0.05) is 24.5 Å². The molecule has 22 heavy (non-hydrogen) atoms. The molecule has 0 radical (unpaired) electrons. The molecule has 3 nitrogen and oxygen atoms in total. The molecule has 1 aromatic heterocycles. The number of aromatic nitrogens is 1. The molecule has 3 rings (SSSR count). The van der Waals surface area contributed by atoms with Crippen molar-refractivity contribution in [1.82, 2.24) is 10.1 Å². The van der Waals surface area contributed by atoms with Crippen LogP contribution in [-0.4, -0.2) is 17.1 Å². The highest BCUT2D eigenvalue weighted by molar-refractivity contribution is 5.79. The van der Waals surface area contributed by atoms with Crippen LogP contribution < -0.4 is 0 Å². The Balaban J connectivity index is 1.75. The number of halogens is 3. The summed E-state index contributed by atoms with van der Waals surface area (Å²) in [5.41, 5.74) is 1.71. The van der Waals surface area contributed by atoms with Crippen molar-refractivity contribution in [2.45, 2.75) is 13.1 Å². The first-order valence-corrected chi connectivity index (χ1v) is 6.69. The second-order valence-electron chi connectivity index (χ2n) is 5.19. The van der Waals surface area contributed by atoms with E-state index in [1.54, 1.807) is 6.07 Å². The van der Waals surface area contributed by atoms with Crippen LogP contribution in [0.25, 0.3) is 11.0 Å². The number of hydrogen-bond acceptors (Lipinski definition) is 3. The van der Waals surface area contributed by atoms with Crippen LogP contribution in [0.2, 0.25) is 0 Å². The molecule has 1 heterocycles. The van der Waals surface area contributed by atoms with E-state index in [0.29, 0.717) is 29.9 Å². The van der Waals surface area contributed by atoms with Crippen LogP contribution >= 0.6 is 0 Å². The second kappa shape index (κ2) is 5.81. The van der Waals surface area contributed by atoms with E-state index in [1.165, 1.54) is 24.3 Å². The molecule has 0 aliphatic rings. The van der Waals surface area contributed by atoms with Crippen molar-refractivity contribution in [3.05, 3.63) is 65.1 Å². The number of rotatable bonds is 4. The van der Waals surface area contributed by atoms with Crippen LogP contribution in [0.4, 0.5) is 13.2 Å². The predicted octanol–water partition coefficient (Wildman–Crippen LogP) is 3.88. The van der Waals surface area contributed by atoms with E-state index in [9.17, 15) is 13.2 Å². The van der Waals surface area contributed by atoms with Crippen molar-refractivity contribution in [3.63, 3.8) is 0 Å². The summed E-state index contributed by atoms with van der Waals surface area (Å²) in [4.78, 5) is 1.88. The van der Waals surface area contributed by atoms with Gasteiger partial charge in [0.05, 0.1) is 0 Å². The zero-order valence-corrected chi connectivity index (χ0v) is 11.8. The van der Waals surface area contributed by atoms with Crippen molar-refractivity contribution in [2.75, 3.05) is 7.05 Å². The zero-order valence-electron chi connectivity index (χ0n) is 11.8. The molecule has 0 spiro atoms. The van der Waals surface area contributed by atoms with Crippen LogP contribution in [0, 0.1) is 17.5 Å². The number of fused-ring (bicyclic) bond motifs is 1. The zero-order chi connectivity index (χ0) is 15.7. The van der Waals surface area contributed by atoms with E-state index in [0.717, 1.165) is 11.5 Å². The Bertz CT molecular complexity index is 816. The Kier molecular flexibility index (Phi) is 3.85. The molecule has 0 N–H and O–H groups in total. The minimum atomic E-state index is -0.867. The van der Waals surface area contributed by atoms with Gasteiger partial charge in [0.25, 0.3) is 0 Å². The molecule has 0 bridgehead atoms. The summed E-state index contributed by atoms with van der Waals surface area (Å²) in [6, 6.07) is 8.04. The first-order chi connectivity index (χ1) is 10.5. The fourth-order valence-corrected chi connectivity index (χ4v) is 2.34. The molecular weight excluding hydrogens is 293 g/mol. The Labute approximate surface area is 124 Å². The standard InChI is InChI=1S/C16H13F3N2O/c1-21(8-10-2-5-13(18)14(19)6-10)9-15-12-4-3-11(17)7-16(12)22-20-15/h2-7H,8-9H2,1H3. The van der Waals surface area contributed by atoms with E-state index in [4.69, 9.17) is 4.52 Å². The SMILES string of the molecule is CN(Cc1ccc(F)c(F)c1)Cc1noc2cc(F)ccc12. The highest BCUT2D eigenvalue weighted by Gasteiger charge is 2.12. The lowest BCUT2D eigenvalue weighted by Gasteiger charge is -2.15. The smallest absolute Gasteiger partial charge is 0.170 e. The van der Waals surface area contributed by atoms with Gasteiger partial charge in [0.1, 0.15) is 11.5 Å². The highest BCUT2D eigenvalue weighted by Crippen LogP contribution is 2.21. The van der Waals surface area contributed by atoms with E-state index in [1.807, 2.05) is 11.9 Å². The van der Waals surface area contributed by atoms with E-state index < -0.39 is 11.6 Å². The Morgan fingerprint density at radius 1 is 1.00 bits per heavy atom. The number of benzene rings is 2. The average molecular weight is 306 g/mol. The molecule has 0 saturated heterocycles. The van der Waals surface area contributed by atoms with Crippen LogP contribution in [-0.2, 0) is 13.1 Å². The van der Waals surface area contributed by atoms with Crippen molar-refractivity contribution >= 4 is 11.0 Å². The molecule has 0 unspecified atom stereocenters. The van der Waals surface area contributed by atoms with Crippen molar-refractivity contribution < 1.29 is 17.7 Å². The van der Waals surface area contributed by atoms with Gasteiger partial charge >= 0.3 is 0 Å². The molecule has 3 aromatic rings. The third kappa shape index (κ3) is 2.96. The maximum absolute atomic E-state index is 13.2. The minimum Gasteiger partial charge on any atom is -0.356 e. The predicted molar refractivity (Wildman–Crippen MR) is 75.5 cm³/mol. The monoisotopic (exact) mass is 306 g/mol. The van der Waals surface area contributed by atoms with Gasteiger partial charge in [-0.1, -0.05) is 11.2 Å². The van der Waals surface area contributed by atoms with Gasteiger partial charge in [-0.05, 0) is 36.9 Å². The summed E-state index contributed by atoms with van der Waals surface area (Å²) in [5, 5.41) is 4.67. The van der Waals surface area contributed by atoms with E-state index in [-0.39, 0.29) is 5.82 Å². The van der Waals surface area contributed by atoms with Gasteiger partial charge in [-0.3, -0.25) is 4.90 Å². The molecular formula is C16H13F3N2O. The molecule has 0 aliphatic heterocycles. The first kappa shape index (κ1) is 14.6. The van der Waals surface area contributed by atoms with Crippen LogP contribution in [0.1, 0.15) is 11.3 Å². The summed E-state index contributed by atoms with van der Waals surface area (Å²) in [6.07, 6.45) is 0. The van der Waals surface area contributed by atoms with Crippen LogP contribution in [0.3, 0.4) is 0 Å². The maximum atomic E-state index is 13.2. The van der Waals surface area contributed by atoms with Gasteiger partial charge in [-0.25, -0.2) is 13.2 Å². The maximum Gasteiger partial charge on any atom is 0.170 e. The van der Waals surface area contributed by atoms with Gasteiger partial charge in [0.15, 0.2) is 17.2 Å². The van der Waals surface area contributed by atoms with Gasteiger partial charge in [0.2, 0.25) is 0 Å². The minimum absolute atomic E-state index is 0.384. The lowest BCUT2D eigenvalue weighted by Crippen LogP contribution is -2.17. The molecule has 0 atom stereocenters. The first-order valence-electron chi connectivity index (χ1n) is 6.69. The average Bonchev–Trinajstić information content (AvgIpc) is 2.85. The largest absolute Gasteiger partial charge is 0.356 e. The summed E-state index contributed by atoms with van der Waals surface area (Å²) in [5.74, 6) is -2.12. The molecule has 114 valence electrons. The molecule has 6 heteroatoms. The fraction of sp³-hybridized carbons (Fsp3) is 0.188. The van der Waals surface area contributed by atoms with Crippen LogP contribution in [0.15, 0.2) is 40.9 Å². The molecule has 0 amide bonds. The fourth-order valence-electron chi connectivity index (χ4n) is 2.34. The van der Waals surface area contributed by atoms with Gasteiger partial charge < -0.3 is 4.52 Å². The van der Waals surface area contributed by atoms with Gasteiger partial charge in [-0.15, -0.1) is 0 Å². The third-order valence-electron chi connectivity index (χ3n) is 3.36. The Morgan fingerprint density at radius 3 is 2.59 bits per heavy atom. The summed E-state index contributed by atoms with van der Waals surface area (Å²) >= 11 is 0. The van der Waals surface area contributed by atoms with Gasteiger partial charge in [-0.2, -0.15) is 0 Å². The Morgan fingerprint density at radius 2 is 1.82 bits per heavy atom. The number of nitrogens with zero attached hydrogens (tertiary/aromatic N) is 2. The second-order valence-corrected chi connectivity index (χ2v) is 5.19. The summed E-state index contributed by atoms with van der Waals surface area (Å²) in [7, 11) is 1.82. The third-order valence-corrected chi connectivity index (χ3v) is 3.36. The number of hydrogen-bond donors (Lipinski definition) is 0. The lowest BCUT2D eigenvalue weighted by molar-refractivity contribution is 0.305. The Hall–Kier alpha value is -2.34. The highest BCUT2D eigenvalue weighted by atomic mass is 19.2. The summed E-state index contributed by atoms with van der Waals surface area (Å²) in [6.45, 7) is 0.865.